The zero-order valence-electron chi connectivity index (χ0n) is 12.8. The Balaban J connectivity index is 2.31. The van der Waals surface area contributed by atoms with Crippen LogP contribution in [0.3, 0.4) is 0 Å². The second kappa shape index (κ2) is 5.86. The molecule has 112 valence electrons. The van der Waals surface area contributed by atoms with Gasteiger partial charge in [0, 0.05) is 18.0 Å². The average molecular weight is 295 g/mol. The van der Waals surface area contributed by atoms with E-state index in [0.717, 1.165) is 5.56 Å². The van der Waals surface area contributed by atoms with Gasteiger partial charge in [0.1, 0.15) is 5.54 Å². The van der Waals surface area contributed by atoms with Crippen LogP contribution in [-0.2, 0) is 10.3 Å². The molecule has 0 radical (unpaired) electrons. The Morgan fingerprint density at radius 2 is 2.00 bits per heavy atom. The van der Waals surface area contributed by atoms with Gasteiger partial charge >= 0.3 is 0 Å². The van der Waals surface area contributed by atoms with Crippen LogP contribution in [0.4, 0.5) is 5.69 Å². The monoisotopic (exact) mass is 295 g/mol. The predicted octanol–water partition coefficient (Wildman–Crippen LogP) is 2.40. The van der Waals surface area contributed by atoms with E-state index in [4.69, 9.17) is 5.26 Å². The molecule has 5 heteroatoms. The van der Waals surface area contributed by atoms with E-state index in [1.54, 1.807) is 50.4 Å². The molecule has 1 aromatic carbocycles. The van der Waals surface area contributed by atoms with E-state index in [-0.39, 0.29) is 11.5 Å². The minimum Gasteiger partial charge on any atom is -0.324 e. The number of benzene rings is 1. The van der Waals surface area contributed by atoms with E-state index in [0.29, 0.717) is 11.3 Å². The topological polar surface area (TPSA) is 74.9 Å². The lowest BCUT2D eigenvalue weighted by Gasteiger charge is -2.26. The van der Waals surface area contributed by atoms with Crippen molar-refractivity contribution in [2.45, 2.75) is 26.3 Å². The predicted molar refractivity (Wildman–Crippen MR) is 84.5 cm³/mol. The summed E-state index contributed by atoms with van der Waals surface area (Å²) < 4.78 is 1.39. The summed E-state index contributed by atoms with van der Waals surface area (Å²) in [5.74, 6) is -0.325. The lowest BCUT2D eigenvalue weighted by Crippen LogP contribution is -2.45. The number of anilines is 1. The third-order valence-corrected chi connectivity index (χ3v) is 3.48. The quantitative estimate of drug-likeness (QED) is 0.944. The summed E-state index contributed by atoms with van der Waals surface area (Å²) in [6.45, 7) is 5.17. The molecule has 0 aliphatic rings. The first-order valence-corrected chi connectivity index (χ1v) is 6.86. The highest BCUT2D eigenvalue weighted by atomic mass is 16.2. The van der Waals surface area contributed by atoms with Crippen LogP contribution in [0, 0.1) is 18.3 Å². The maximum Gasteiger partial charge on any atom is 0.251 e. The smallest absolute Gasteiger partial charge is 0.251 e. The molecule has 0 bridgehead atoms. The molecule has 1 heterocycles. The van der Waals surface area contributed by atoms with Crippen molar-refractivity contribution in [1.29, 1.82) is 5.26 Å². The van der Waals surface area contributed by atoms with Gasteiger partial charge in [-0.05, 0) is 50.6 Å². The maximum absolute atomic E-state index is 12.5. The number of hydrogen-bond acceptors (Lipinski definition) is 3. The van der Waals surface area contributed by atoms with Crippen molar-refractivity contribution in [3.8, 4) is 6.07 Å². The molecule has 0 aliphatic heterocycles. The Bertz CT molecular complexity index is 813. The molecule has 1 N–H and O–H groups in total. The first-order chi connectivity index (χ1) is 10.3. The van der Waals surface area contributed by atoms with Crippen molar-refractivity contribution in [1.82, 2.24) is 4.57 Å². The van der Waals surface area contributed by atoms with Crippen molar-refractivity contribution in [2.24, 2.45) is 0 Å². The Morgan fingerprint density at radius 3 is 2.64 bits per heavy atom. The van der Waals surface area contributed by atoms with Crippen LogP contribution in [0.15, 0.2) is 47.4 Å². The highest BCUT2D eigenvalue weighted by Crippen LogP contribution is 2.17. The standard InChI is InChI=1S/C17H17N3O2/c1-12-7-8-20(15(21)9-12)17(2,3)16(22)19-14-6-4-5-13(10-14)11-18/h4-10H,1-3H3,(H,19,22). The Hall–Kier alpha value is -2.87. The lowest BCUT2D eigenvalue weighted by molar-refractivity contribution is -0.123. The minimum absolute atomic E-state index is 0.231. The minimum atomic E-state index is -1.05. The molecule has 0 saturated carbocycles. The van der Waals surface area contributed by atoms with Crippen molar-refractivity contribution in [2.75, 3.05) is 5.32 Å². The van der Waals surface area contributed by atoms with Gasteiger partial charge in [-0.25, -0.2) is 0 Å². The number of carbonyl (C=O) groups excluding carboxylic acids is 1. The molecule has 1 aromatic heterocycles. The number of nitrogens with zero attached hydrogens (tertiary/aromatic N) is 2. The van der Waals surface area contributed by atoms with Crippen LogP contribution in [0.5, 0.6) is 0 Å². The zero-order valence-corrected chi connectivity index (χ0v) is 12.8. The summed E-state index contributed by atoms with van der Waals surface area (Å²) in [5, 5.41) is 11.6. The van der Waals surface area contributed by atoms with Gasteiger partial charge in [0.2, 0.25) is 5.91 Å². The molecule has 2 aromatic rings. The number of pyridine rings is 1. The maximum atomic E-state index is 12.5. The number of nitrogens with one attached hydrogen (secondary N) is 1. The molecule has 0 saturated heterocycles. The van der Waals surface area contributed by atoms with Crippen LogP contribution in [0.25, 0.3) is 0 Å². The number of amides is 1. The second-order valence-corrected chi connectivity index (χ2v) is 5.62. The molecular formula is C17H17N3O2. The van der Waals surface area contributed by atoms with Gasteiger partial charge in [-0.3, -0.25) is 9.59 Å². The van der Waals surface area contributed by atoms with Gasteiger partial charge in [-0.2, -0.15) is 5.26 Å². The van der Waals surface area contributed by atoms with E-state index in [1.807, 2.05) is 13.0 Å². The van der Waals surface area contributed by atoms with E-state index >= 15 is 0 Å². The summed E-state index contributed by atoms with van der Waals surface area (Å²) in [6.07, 6.45) is 1.61. The number of hydrogen-bond donors (Lipinski definition) is 1. The molecule has 22 heavy (non-hydrogen) atoms. The van der Waals surface area contributed by atoms with Gasteiger partial charge < -0.3 is 9.88 Å². The number of aromatic nitrogens is 1. The summed E-state index contributed by atoms with van der Waals surface area (Å²) in [5.41, 5.74) is 0.554. The lowest BCUT2D eigenvalue weighted by atomic mass is 10.0. The summed E-state index contributed by atoms with van der Waals surface area (Å²) in [6, 6.07) is 11.9. The molecule has 0 fully saturated rings. The van der Waals surface area contributed by atoms with Crippen LogP contribution >= 0.6 is 0 Å². The van der Waals surface area contributed by atoms with Gasteiger partial charge in [-0.15, -0.1) is 0 Å². The second-order valence-electron chi connectivity index (χ2n) is 5.62. The normalized spacial score (nSPS) is 10.8. The van der Waals surface area contributed by atoms with Crippen molar-refractivity contribution >= 4 is 11.6 Å². The summed E-state index contributed by atoms with van der Waals surface area (Å²) in [7, 11) is 0. The first kappa shape index (κ1) is 15.5. The Morgan fingerprint density at radius 1 is 1.27 bits per heavy atom. The fourth-order valence-corrected chi connectivity index (χ4v) is 2.10. The highest BCUT2D eigenvalue weighted by Gasteiger charge is 2.30. The third-order valence-electron chi connectivity index (χ3n) is 3.48. The average Bonchev–Trinajstić information content (AvgIpc) is 2.47. The fourth-order valence-electron chi connectivity index (χ4n) is 2.10. The van der Waals surface area contributed by atoms with Crippen molar-refractivity contribution < 1.29 is 4.79 Å². The third kappa shape index (κ3) is 3.07. The number of aryl methyl sites for hydroxylation is 1. The van der Waals surface area contributed by atoms with Gasteiger partial charge in [0.15, 0.2) is 0 Å². The van der Waals surface area contributed by atoms with Crippen LogP contribution in [0.2, 0.25) is 0 Å². The Labute approximate surface area is 128 Å². The number of rotatable bonds is 3. The highest BCUT2D eigenvalue weighted by molar-refractivity contribution is 5.96. The van der Waals surface area contributed by atoms with E-state index in [9.17, 15) is 9.59 Å². The van der Waals surface area contributed by atoms with Gasteiger partial charge in [0.25, 0.3) is 5.56 Å². The largest absolute Gasteiger partial charge is 0.324 e. The number of nitriles is 1. The van der Waals surface area contributed by atoms with Gasteiger partial charge in [0.05, 0.1) is 11.6 Å². The Kier molecular flexibility index (Phi) is 4.13. The molecule has 0 atom stereocenters. The van der Waals surface area contributed by atoms with Crippen molar-refractivity contribution in [3.05, 3.63) is 64.1 Å². The van der Waals surface area contributed by atoms with Crippen LogP contribution < -0.4 is 10.9 Å². The van der Waals surface area contributed by atoms with E-state index in [1.165, 1.54) is 10.6 Å². The van der Waals surface area contributed by atoms with E-state index in [2.05, 4.69) is 5.32 Å². The van der Waals surface area contributed by atoms with E-state index < -0.39 is 5.54 Å². The molecule has 0 unspecified atom stereocenters. The van der Waals surface area contributed by atoms with Gasteiger partial charge in [-0.1, -0.05) is 6.07 Å². The molecular weight excluding hydrogens is 278 g/mol. The molecule has 1 amide bonds. The SMILES string of the molecule is Cc1ccn(C(C)(C)C(=O)Nc2cccc(C#N)c2)c(=O)c1. The molecule has 0 spiro atoms. The summed E-state index contributed by atoms with van der Waals surface area (Å²) >= 11 is 0. The molecule has 0 aliphatic carbocycles. The van der Waals surface area contributed by atoms with Crippen LogP contribution in [0.1, 0.15) is 25.0 Å². The zero-order chi connectivity index (χ0) is 16.3. The number of carbonyl (C=O) groups is 1. The molecule has 2 rings (SSSR count). The van der Waals surface area contributed by atoms with Crippen molar-refractivity contribution in [3.63, 3.8) is 0 Å². The van der Waals surface area contributed by atoms with Crippen LogP contribution in [-0.4, -0.2) is 10.5 Å². The fraction of sp³-hybridized carbons (Fsp3) is 0.235. The first-order valence-electron chi connectivity index (χ1n) is 6.86. The summed E-state index contributed by atoms with van der Waals surface area (Å²) in [4.78, 5) is 24.6. The molecule has 5 nitrogen and oxygen atoms in total.